The van der Waals surface area contributed by atoms with Gasteiger partial charge in [0.15, 0.2) is 0 Å². The monoisotopic (exact) mass is 380 g/mol. The molecule has 0 radical (unpaired) electrons. The van der Waals surface area contributed by atoms with Crippen LogP contribution in [0.3, 0.4) is 0 Å². The van der Waals surface area contributed by atoms with Crippen molar-refractivity contribution in [1.29, 1.82) is 0 Å². The van der Waals surface area contributed by atoms with E-state index in [0.717, 1.165) is 22.3 Å². The Labute approximate surface area is 166 Å². The fourth-order valence-corrected chi connectivity index (χ4v) is 3.19. The number of aromatic nitrogens is 3. The van der Waals surface area contributed by atoms with Crippen molar-refractivity contribution in [3.8, 4) is 16.9 Å². The van der Waals surface area contributed by atoms with E-state index < -0.39 is 0 Å². The van der Waals surface area contributed by atoms with E-state index >= 15 is 0 Å². The lowest BCUT2D eigenvalue weighted by Gasteiger charge is -2.07. The van der Waals surface area contributed by atoms with Crippen molar-refractivity contribution < 1.29 is 9.32 Å². The second kappa shape index (κ2) is 7.09. The molecule has 2 aromatic heterocycles. The van der Waals surface area contributed by atoms with Gasteiger partial charge in [0.05, 0.1) is 11.0 Å². The lowest BCUT2D eigenvalue weighted by atomic mass is 10.1. The van der Waals surface area contributed by atoms with Gasteiger partial charge in [-0.2, -0.15) is 0 Å². The number of imidazole rings is 1. The van der Waals surface area contributed by atoms with Crippen LogP contribution in [0.25, 0.3) is 28.0 Å². The number of hydrogen-bond acceptors (Lipinski definition) is 4. The van der Waals surface area contributed by atoms with Crippen LogP contribution in [0.2, 0.25) is 0 Å². The molecule has 0 aliphatic rings. The van der Waals surface area contributed by atoms with Crippen molar-refractivity contribution in [3.63, 3.8) is 0 Å². The fourth-order valence-electron chi connectivity index (χ4n) is 3.19. The number of nitrogens with zero attached hydrogens (tertiary/aromatic N) is 3. The van der Waals surface area contributed by atoms with E-state index in [9.17, 15) is 4.79 Å². The summed E-state index contributed by atoms with van der Waals surface area (Å²) in [5.41, 5.74) is 5.11. The Morgan fingerprint density at radius 3 is 2.48 bits per heavy atom. The number of rotatable bonds is 4. The number of para-hydroxylation sites is 2. The zero-order valence-electron chi connectivity index (χ0n) is 15.3. The third-order valence-electron chi connectivity index (χ3n) is 4.66. The second-order valence-electron chi connectivity index (χ2n) is 6.55. The normalized spacial score (nSPS) is 10.9. The average Bonchev–Trinajstić information content (AvgIpc) is 3.43. The minimum absolute atomic E-state index is 0.161. The Morgan fingerprint density at radius 2 is 1.66 bits per heavy atom. The molecule has 0 spiro atoms. The first kappa shape index (κ1) is 16.9. The van der Waals surface area contributed by atoms with E-state index in [1.165, 1.54) is 0 Å². The molecule has 0 fully saturated rings. The first-order chi connectivity index (χ1) is 14.3. The number of amides is 1. The summed E-state index contributed by atoms with van der Waals surface area (Å²) >= 11 is 0. The van der Waals surface area contributed by atoms with Crippen molar-refractivity contribution in [2.24, 2.45) is 0 Å². The Hall–Kier alpha value is -4.19. The summed E-state index contributed by atoms with van der Waals surface area (Å²) in [6.07, 6.45) is 1.79. The molecule has 0 saturated heterocycles. The van der Waals surface area contributed by atoms with Crippen molar-refractivity contribution in [1.82, 2.24) is 14.7 Å². The third-order valence-corrected chi connectivity index (χ3v) is 4.66. The van der Waals surface area contributed by atoms with Gasteiger partial charge in [-0.15, -0.1) is 0 Å². The number of anilines is 1. The Balaban J connectivity index is 1.34. The summed E-state index contributed by atoms with van der Waals surface area (Å²) in [5, 5.41) is 6.81. The van der Waals surface area contributed by atoms with Crippen LogP contribution in [0.4, 0.5) is 5.69 Å². The summed E-state index contributed by atoms with van der Waals surface area (Å²) in [7, 11) is 0. The highest BCUT2D eigenvalue weighted by Crippen LogP contribution is 2.21. The maximum absolute atomic E-state index is 12.5. The van der Waals surface area contributed by atoms with Gasteiger partial charge in [0, 0.05) is 23.0 Å². The van der Waals surface area contributed by atoms with E-state index in [1.807, 2.05) is 83.4 Å². The van der Waals surface area contributed by atoms with E-state index in [4.69, 9.17) is 4.52 Å². The van der Waals surface area contributed by atoms with Gasteiger partial charge in [0.2, 0.25) is 5.76 Å². The molecule has 3 aromatic carbocycles. The van der Waals surface area contributed by atoms with Crippen LogP contribution in [-0.4, -0.2) is 20.6 Å². The zero-order chi connectivity index (χ0) is 19.6. The minimum atomic E-state index is -0.347. The molecule has 29 heavy (non-hydrogen) atoms. The predicted octanol–water partition coefficient (Wildman–Crippen LogP) is 4.93. The lowest BCUT2D eigenvalue weighted by Crippen LogP contribution is -2.10. The largest absolute Gasteiger partial charge is 0.350 e. The molecule has 6 heteroatoms. The van der Waals surface area contributed by atoms with Gasteiger partial charge < -0.3 is 9.84 Å². The maximum atomic E-state index is 12.5. The molecule has 140 valence electrons. The number of fused-ring (bicyclic) bond motifs is 1. The molecule has 0 aliphatic heterocycles. The summed E-state index contributed by atoms with van der Waals surface area (Å²) in [5.74, 6) is -0.186. The summed E-state index contributed by atoms with van der Waals surface area (Å²) in [6.45, 7) is 0. The first-order valence-corrected chi connectivity index (χ1v) is 9.14. The average molecular weight is 380 g/mol. The van der Waals surface area contributed by atoms with Gasteiger partial charge >= 0.3 is 0 Å². The van der Waals surface area contributed by atoms with Crippen LogP contribution in [0.15, 0.2) is 95.8 Å². The molecule has 0 aliphatic carbocycles. The van der Waals surface area contributed by atoms with Crippen molar-refractivity contribution >= 4 is 22.6 Å². The SMILES string of the molecule is O=C(Nc1ccc(-n2cnc3ccccc32)cc1)c1cc(-c2ccccc2)no1. The number of hydrogen-bond donors (Lipinski definition) is 1. The molecule has 6 nitrogen and oxygen atoms in total. The topological polar surface area (TPSA) is 73.0 Å². The molecular weight excluding hydrogens is 364 g/mol. The van der Waals surface area contributed by atoms with E-state index in [0.29, 0.717) is 11.4 Å². The van der Waals surface area contributed by atoms with Gasteiger partial charge in [0.1, 0.15) is 12.0 Å². The summed E-state index contributed by atoms with van der Waals surface area (Å²) in [4.78, 5) is 16.9. The molecule has 0 saturated carbocycles. The molecule has 1 amide bonds. The van der Waals surface area contributed by atoms with Crippen LogP contribution < -0.4 is 5.32 Å². The summed E-state index contributed by atoms with van der Waals surface area (Å²) in [6, 6.07) is 26.7. The van der Waals surface area contributed by atoms with Gasteiger partial charge in [-0.25, -0.2) is 4.98 Å². The zero-order valence-corrected chi connectivity index (χ0v) is 15.3. The number of carbonyl (C=O) groups excluding carboxylic acids is 1. The second-order valence-corrected chi connectivity index (χ2v) is 6.55. The van der Waals surface area contributed by atoms with Crippen LogP contribution in [0.5, 0.6) is 0 Å². The standard InChI is InChI=1S/C23H16N4O2/c28-23(22-14-20(26-29-22)16-6-2-1-3-7-16)25-17-10-12-18(13-11-17)27-15-24-19-8-4-5-9-21(19)27/h1-15H,(H,25,28). The molecular formula is C23H16N4O2. The van der Waals surface area contributed by atoms with Crippen molar-refractivity contribution in [2.75, 3.05) is 5.32 Å². The number of carbonyl (C=O) groups is 1. The van der Waals surface area contributed by atoms with Gasteiger partial charge in [-0.1, -0.05) is 47.6 Å². The first-order valence-electron chi connectivity index (χ1n) is 9.14. The van der Waals surface area contributed by atoms with Gasteiger partial charge in [-0.05, 0) is 36.4 Å². The minimum Gasteiger partial charge on any atom is -0.350 e. The van der Waals surface area contributed by atoms with E-state index in [-0.39, 0.29) is 11.7 Å². The molecule has 1 N–H and O–H groups in total. The molecule has 0 unspecified atom stereocenters. The third kappa shape index (κ3) is 3.27. The van der Waals surface area contributed by atoms with Crippen LogP contribution in [0.1, 0.15) is 10.6 Å². The highest BCUT2D eigenvalue weighted by Gasteiger charge is 2.14. The van der Waals surface area contributed by atoms with E-state index in [1.54, 1.807) is 12.4 Å². The van der Waals surface area contributed by atoms with Gasteiger partial charge in [-0.3, -0.25) is 9.36 Å². The molecule has 0 atom stereocenters. The highest BCUT2D eigenvalue weighted by atomic mass is 16.5. The van der Waals surface area contributed by atoms with Crippen LogP contribution in [0, 0.1) is 0 Å². The molecule has 5 rings (SSSR count). The smallest absolute Gasteiger partial charge is 0.294 e. The maximum Gasteiger partial charge on any atom is 0.294 e. The fraction of sp³-hybridized carbons (Fsp3) is 0. The van der Waals surface area contributed by atoms with Crippen LogP contribution >= 0.6 is 0 Å². The Bertz CT molecular complexity index is 1290. The predicted molar refractivity (Wildman–Crippen MR) is 111 cm³/mol. The molecule has 2 heterocycles. The van der Waals surface area contributed by atoms with Crippen LogP contribution in [-0.2, 0) is 0 Å². The lowest BCUT2D eigenvalue weighted by molar-refractivity contribution is 0.0988. The van der Waals surface area contributed by atoms with E-state index in [2.05, 4.69) is 15.5 Å². The molecule has 0 bridgehead atoms. The van der Waals surface area contributed by atoms with Crippen molar-refractivity contribution in [3.05, 3.63) is 97.0 Å². The van der Waals surface area contributed by atoms with Crippen molar-refractivity contribution in [2.45, 2.75) is 0 Å². The van der Waals surface area contributed by atoms with Gasteiger partial charge in [0.25, 0.3) is 5.91 Å². The highest BCUT2D eigenvalue weighted by molar-refractivity contribution is 6.02. The Morgan fingerprint density at radius 1 is 0.897 bits per heavy atom. The molecule has 5 aromatic rings. The Kier molecular flexibility index (Phi) is 4.14. The quantitative estimate of drug-likeness (QED) is 0.480. The summed E-state index contributed by atoms with van der Waals surface area (Å²) < 4.78 is 7.21. The number of nitrogens with one attached hydrogen (secondary N) is 1. The number of benzene rings is 3.